The Kier molecular flexibility index (Phi) is 5.31. The van der Waals surface area contributed by atoms with E-state index < -0.39 is 0 Å². The van der Waals surface area contributed by atoms with Crippen molar-refractivity contribution in [1.29, 1.82) is 0 Å². The molecule has 0 aromatic carbocycles. The Morgan fingerprint density at radius 3 is 3.09 bits per heavy atom. The number of rotatable bonds is 5. The van der Waals surface area contributed by atoms with Gasteiger partial charge in [-0.1, -0.05) is 17.7 Å². The molecule has 0 bridgehead atoms. The summed E-state index contributed by atoms with van der Waals surface area (Å²) in [6.07, 6.45) is 5.33. The van der Waals surface area contributed by atoms with Gasteiger partial charge in [0.25, 0.3) is 0 Å². The number of nitrogens with one attached hydrogen (secondary N) is 1. The van der Waals surface area contributed by atoms with Gasteiger partial charge < -0.3 is 9.73 Å². The van der Waals surface area contributed by atoms with Crippen LogP contribution in [0.2, 0.25) is 5.15 Å². The van der Waals surface area contributed by atoms with E-state index in [4.69, 9.17) is 16.0 Å². The van der Waals surface area contributed by atoms with E-state index in [1.165, 1.54) is 0 Å². The Morgan fingerprint density at radius 1 is 1.43 bits per heavy atom. The lowest BCUT2D eigenvalue weighted by atomic mass is 9.97. The first-order valence-electron chi connectivity index (χ1n) is 7.83. The number of pyridine rings is 1. The molecule has 1 aliphatic heterocycles. The van der Waals surface area contributed by atoms with E-state index in [2.05, 4.69) is 15.2 Å². The second-order valence-electron chi connectivity index (χ2n) is 5.86. The molecule has 1 saturated heterocycles. The summed E-state index contributed by atoms with van der Waals surface area (Å²) >= 11 is 5.76. The molecule has 0 saturated carbocycles. The summed E-state index contributed by atoms with van der Waals surface area (Å²) in [4.78, 5) is 18.7. The lowest BCUT2D eigenvalue weighted by Gasteiger charge is -2.31. The molecule has 122 valence electrons. The molecule has 3 rings (SSSR count). The van der Waals surface area contributed by atoms with Gasteiger partial charge in [0, 0.05) is 19.3 Å². The summed E-state index contributed by atoms with van der Waals surface area (Å²) in [5.74, 6) is 1.07. The second-order valence-corrected chi connectivity index (χ2v) is 6.25. The number of amides is 1. The molecular weight excluding hydrogens is 314 g/mol. The molecule has 0 radical (unpaired) electrons. The Bertz CT molecular complexity index is 628. The van der Waals surface area contributed by atoms with Gasteiger partial charge in [-0.3, -0.25) is 9.69 Å². The van der Waals surface area contributed by atoms with Crippen LogP contribution in [-0.4, -0.2) is 28.9 Å². The largest absolute Gasteiger partial charge is 0.468 e. The molecule has 3 heterocycles. The average molecular weight is 334 g/mol. The number of halogens is 1. The number of furan rings is 1. The predicted molar refractivity (Wildman–Crippen MR) is 87.8 cm³/mol. The summed E-state index contributed by atoms with van der Waals surface area (Å²) in [5.41, 5.74) is 0.950. The first-order valence-corrected chi connectivity index (χ1v) is 8.21. The fourth-order valence-electron chi connectivity index (χ4n) is 2.88. The van der Waals surface area contributed by atoms with Gasteiger partial charge in [0.1, 0.15) is 10.9 Å². The molecule has 1 amide bonds. The van der Waals surface area contributed by atoms with Gasteiger partial charge in [-0.25, -0.2) is 4.98 Å². The van der Waals surface area contributed by atoms with Crippen molar-refractivity contribution in [3.8, 4) is 0 Å². The van der Waals surface area contributed by atoms with E-state index in [9.17, 15) is 4.79 Å². The van der Waals surface area contributed by atoms with Crippen LogP contribution in [0.15, 0.2) is 41.1 Å². The molecule has 0 unspecified atom stereocenters. The minimum atomic E-state index is 0.0268. The summed E-state index contributed by atoms with van der Waals surface area (Å²) in [6, 6.07) is 7.47. The van der Waals surface area contributed by atoms with Gasteiger partial charge in [-0.2, -0.15) is 0 Å². The van der Waals surface area contributed by atoms with E-state index in [1.54, 1.807) is 18.5 Å². The number of nitrogens with zero attached hydrogens (tertiary/aromatic N) is 2. The summed E-state index contributed by atoms with van der Waals surface area (Å²) < 4.78 is 5.39. The minimum Gasteiger partial charge on any atom is -0.468 e. The van der Waals surface area contributed by atoms with Gasteiger partial charge in [-0.05, 0) is 43.1 Å². The monoisotopic (exact) mass is 333 g/mol. The highest BCUT2D eigenvalue weighted by Gasteiger charge is 2.25. The molecule has 0 spiro atoms. The van der Waals surface area contributed by atoms with Crippen molar-refractivity contribution in [2.45, 2.75) is 25.9 Å². The smallest absolute Gasteiger partial charge is 0.224 e. The normalized spacial score (nSPS) is 18.7. The Hall–Kier alpha value is -1.85. The van der Waals surface area contributed by atoms with Crippen molar-refractivity contribution in [1.82, 2.24) is 15.2 Å². The van der Waals surface area contributed by atoms with Crippen molar-refractivity contribution in [2.75, 3.05) is 13.1 Å². The highest BCUT2D eigenvalue weighted by atomic mass is 35.5. The summed E-state index contributed by atoms with van der Waals surface area (Å²) in [6.45, 7) is 3.02. The highest BCUT2D eigenvalue weighted by molar-refractivity contribution is 6.29. The van der Waals surface area contributed by atoms with Gasteiger partial charge >= 0.3 is 0 Å². The standard InChI is InChI=1S/C17H20ClN3O2/c18-16-6-5-13(9-19-16)10-20-17(22)14-3-1-7-21(11-14)12-15-4-2-8-23-15/h2,4-6,8-9,14H,1,3,7,10-12H2,(H,20,22)/t14-/m0/s1. The molecular formula is C17H20ClN3O2. The Labute approximate surface area is 140 Å². The summed E-state index contributed by atoms with van der Waals surface area (Å²) in [7, 11) is 0. The van der Waals surface area contributed by atoms with Crippen molar-refractivity contribution < 1.29 is 9.21 Å². The van der Waals surface area contributed by atoms with Crippen LogP contribution >= 0.6 is 11.6 Å². The zero-order valence-corrected chi connectivity index (χ0v) is 13.6. The molecule has 1 aliphatic rings. The molecule has 2 aromatic rings. The fourth-order valence-corrected chi connectivity index (χ4v) is 2.99. The van der Waals surface area contributed by atoms with Crippen LogP contribution in [-0.2, 0) is 17.9 Å². The van der Waals surface area contributed by atoms with Crippen LogP contribution in [0.4, 0.5) is 0 Å². The van der Waals surface area contributed by atoms with Gasteiger partial charge in [0.15, 0.2) is 0 Å². The molecule has 1 fully saturated rings. The zero-order valence-electron chi connectivity index (χ0n) is 12.9. The lowest BCUT2D eigenvalue weighted by molar-refractivity contribution is -0.127. The third kappa shape index (κ3) is 4.56. The molecule has 1 N–H and O–H groups in total. The van der Waals surface area contributed by atoms with E-state index in [0.29, 0.717) is 11.7 Å². The van der Waals surface area contributed by atoms with E-state index in [0.717, 1.165) is 43.8 Å². The SMILES string of the molecule is O=C(NCc1ccc(Cl)nc1)[C@H]1CCCN(Cc2ccco2)C1. The molecule has 6 heteroatoms. The second kappa shape index (κ2) is 7.62. The van der Waals surface area contributed by atoms with Crippen LogP contribution in [0.25, 0.3) is 0 Å². The summed E-state index contributed by atoms with van der Waals surface area (Å²) in [5, 5.41) is 3.45. The van der Waals surface area contributed by atoms with E-state index in [-0.39, 0.29) is 11.8 Å². The van der Waals surface area contributed by atoms with Gasteiger partial charge in [0.2, 0.25) is 5.91 Å². The number of likely N-dealkylation sites (tertiary alicyclic amines) is 1. The highest BCUT2D eigenvalue weighted by Crippen LogP contribution is 2.19. The number of hydrogen-bond donors (Lipinski definition) is 1. The quantitative estimate of drug-likeness (QED) is 0.855. The lowest BCUT2D eigenvalue weighted by Crippen LogP contribution is -2.42. The average Bonchev–Trinajstić information content (AvgIpc) is 3.07. The third-order valence-corrected chi connectivity index (χ3v) is 4.31. The first-order chi connectivity index (χ1) is 11.2. The maximum Gasteiger partial charge on any atom is 0.224 e. The number of aromatic nitrogens is 1. The first kappa shape index (κ1) is 16.0. The maximum absolute atomic E-state index is 12.4. The van der Waals surface area contributed by atoms with Crippen LogP contribution in [0.5, 0.6) is 0 Å². The van der Waals surface area contributed by atoms with Gasteiger partial charge in [-0.15, -0.1) is 0 Å². The molecule has 0 aliphatic carbocycles. The number of piperidine rings is 1. The van der Waals surface area contributed by atoms with E-state index in [1.807, 2.05) is 18.2 Å². The number of hydrogen-bond acceptors (Lipinski definition) is 4. The minimum absolute atomic E-state index is 0.0268. The topological polar surface area (TPSA) is 58.4 Å². The predicted octanol–water partition coefficient (Wildman–Crippen LogP) is 2.86. The molecule has 5 nitrogen and oxygen atoms in total. The fraction of sp³-hybridized carbons (Fsp3) is 0.412. The van der Waals surface area contributed by atoms with E-state index >= 15 is 0 Å². The third-order valence-electron chi connectivity index (χ3n) is 4.09. The van der Waals surface area contributed by atoms with Crippen molar-refractivity contribution >= 4 is 17.5 Å². The number of carbonyl (C=O) groups is 1. The molecule has 1 atom stereocenters. The number of carbonyl (C=O) groups excluding carboxylic acids is 1. The Balaban J connectivity index is 1.49. The van der Waals surface area contributed by atoms with Crippen LogP contribution < -0.4 is 5.32 Å². The van der Waals surface area contributed by atoms with Gasteiger partial charge in [0.05, 0.1) is 18.7 Å². The maximum atomic E-state index is 12.4. The van der Waals surface area contributed by atoms with Crippen molar-refractivity contribution in [2.24, 2.45) is 5.92 Å². The van der Waals surface area contributed by atoms with Crippen molar-refractivity contribution in [3.63, 3.8) is 0 Å². The van der Waals surface area contributed by atoms with Crippen LogP contribution in [0, 0.1) is 5.92 Å². The molecule has 23 heavy (non-hydrogen) atoms. The van der Waals surface area contributed by atoms with Crippen LogP contribution in [0.3, 0.4) is 0 Å². The van der Waals surface area contributed by atoms with Crippen LogP contribution in [0.1, 0.15) is 24.2 Å². The zero-order chi connectivity index (χ0) is 16.1. The Morgan fingerprint density at radius 2 is 2.35 bits per heavy atom. The molecule has 2 aromatic heterocycles. The van der Waals surface area contributed by atoms with Crippen molar-refractivity contribution in [3.05, 3.63) is 53.2 Å².